The smallest absolute Gasteiger partial charge is 0.254 e. The zero-order valence-corrected chi connectivity index (χ0v) is 12.7. The first-order chi connectivity index (χ1) is 11.2. The van der Waals surface area contributed by atoms with Gasteiger partial charge in [-0.2, -0.15) is 0 Å². The lowest BCUT2D eigenvalue weighted by molar-refractivity contribution is 0.0652. The number of hydrogen-bond donors (Lipinski definition) is 0. The fraction of sp³-hybridized carbons (Fsp3) is 0.278. The number of para-hydroxylation sites is 1. The molecule has 1 heterocycles. The summed E-state index contributed by atoms with van der Waals surface area (Å²) in [7, 11) is 0. The van der Waals surface area contributed by atoms with E-state index in [-0.39, 0.29) is 12.0 Å². The predicted molar refractivity (Wildman–Crippen MR) is 84.0 cm³/mol. The maximum atomic E-state index is 13.3. The van der Waals surface area contributed by atoms with Gasteiger partial charge in [0.05, 0.1) is 19.8 Å². The number of hydrogen-bond acceptors (Lipinski definition) is 3. The molecular weight excluding hydrogens is 297 g/mol. The van der Waals surface area contributed by atoms with Crippen molar-refractivity contribution >= 4 is 5.91 Å². The van der Waals surface area contributed by atoms with Gasteiger partial charge >= 0.3 is 0 Å². The van der Waals surface area contributed by atoms with E-state index < -0.39 is 5.82 Å². The topological polar surface area (TPSA) is 38.8 Å². The minimum Gasteiger partial charge on any atom is -0.486 e. The Morgan fingerprint density at radius 1 is 1.17 bits per heavy atom. The monoisotopic (exact) mass is 315 g/mol. The standard InChI is InChI=1S/C18H18FNO3/c19-15-6-4-5-14(11-15)18(21)20-9-10-22-13-17(12-20)23-16-7-2-1-3-8-16/h1-8,11,17H,9-10,12-13H2/t17-/m1/s1. The highest BCUT2D eigenvalue weighted by atomic mass is 19.1. The highest BCUT2D eigenvalue weighted by Gasteiger charge is 2.24. The summed E-state index contributed by atoms with van der Waals surface area (Å²) in [5, 5.41) is 0. The van der Waals surface area contributed by atoms with Gasteiger partial charge in [0.2, 0.25) is 0 Å². The van der Waals surface area contributed by atoms with Gasteiger partial charge in [-0.1, -0.05) is 24.3 Å². The number of ether oxygens (including phenoxy) is 2. The SMILES string of the molecule is O=C(c1cccc(F)c1)N1CCOC[C@H](Oc2ccccc2)C1. The van der Waals surface area contributed by atoms with Crippen molar-refractivity contribution in [1.29, 1.82) is 0 Å². The number of nitrogens with zero attached hydrogens (tertiary/aromatic N) is 1. The fourth-order valence-electron chi connectivity index (χ4n) is 2.53. The average Bonchev–Trinajstić information content (AvgIpc) is 2.81. The van der Waals surface area contributed by atoms with Crippen molar-refractivity contribution < 1.29 is 18.7 Å². The lowest BCUT2D eigenvalue weighted by Crippen LogP contribution is -2.40. The van der Waals surface area contributed by atoms with Gasteiger partial charge in [-0.25, -0.2) is 4.39 Å². The third kappa shape index (κ3) is 4.07. The van der Waals surface area contributed by atoms with E-state index in [1.54, 1.807) is 11.0 Å². The summed E-state index contributed by atoms with van der Waals surface area (Å²) in [6.07, 6.45) is -0.252. The molecule has 0 bridgehead atoms. The molecule has 1 fully saturated rings. The number of carbonyl (C=O) groups excluding carboxylic acids is 1. The van der Waals surface area contributed by atoms with Crippen molar-refractivity contribution in [1.82, 2.24) is 4.90 Å². The summed E-state index contributed by atoms with van der Waals surface area (Å²) < 4.78 is 24.7. The maximum Gasteiger partial charge on any atom is 0.254 e. The van der Waals surface area contributed by atoms with Crippen molar-refractivity contribution in [2.24, 2.45) is 0 Å². The summed E-state index contributed by atoms with van der Waals surface area (Å²) in [6.45, 7) is 1.73. The molecule has 0 aromatic heterocycles. The van der Waals surface area contributed by atoms with Crippen LogP contribution in [0.4, 0.5) is 4.39 Å². The summed E-state index contributed by atoms with van der Waals surface area (Å²) in [6, 6.07) is 15.2. The molecule has 2 aromatic rings. The van der Waals surface area contributed by atoms with E-state index in [9.17, 15) is 9.18 Å². The molecule has 0 N–H and O–H groups in total. The molecule has 1 atom stereocenters. The molecule has 0 saturated carbocycles. The van der Waals surface area contributed by atoms with Crippen molar-refractivity contribution in [3.63, 3.8) is 0 Å². The molecule has 4 nitrogen and oxygen atoms in total. The minimum absolute atomic E-state index is 0.211. The fourth-order valence-corrected chi connectivity index (χ4v) is 2.53. The van der Waals surface area contributed by atoms with Crippen LogP contribution in [0.25, 0.3) is 0 Å². The van der Waals surface area contributed by atoms with Crippen LogP contribution >= 0.6 is 0 Å². The zero-order valence-electron chi connectivity index (χ0n) is 12.7. The first-order valence-corrected chi connectivity index (χ1v) is 7.56. The Bertz CT molecular complexity index is 662. The predicted octanol–water partition coefficient (Wildman–Crippen LogP) is 2.75. The molecule has 1 amide bonds. The van der Waals surface area contributed by atoms with Crippen LogP contribution in [0.2, 0.25) is 0 Å². The number of amides is 1. The molecule has 3 rings (SSSR count). The third-order valence-corrected chi connectivity index (χ3v) is 3.64. The quantitative estimate of drug-likeness (QED) is 0.874. The number of halogens is 1. The Morgan fingerprint density at radius 3 is 2.78 bits per heavy atom. The van der Waals surface area contributed by atoms with Gasteiger partial charge < -0.3 is 14.4 Å². The van der Waals surface area contributed by atoms with E-state index in [0.717, 1.165) is 5.75 Å². The zero-order chi connectivity index (χ0) is 16.1. The number of rotatable bonds is 3. The molecule has 23 heavy (non-hydrogen) atoms. The van der Waals surface area contributed by atoms with Gasteiger partial charge in [0.15, 0.2) is 0 Å². The molecule has 1 saturated heterocycles. The molecule has 1 aliphatic rings. The van der Waals surface area contributed by atoms with Crippen molar-refractivity contribution in [3.05, 3.63) is 66.0 Å². The van der Waals surface area contributed by atoms with Crippen LogP contribution < -0.4 is 4.74 Å². The van der Waals surface area contributed by atoms with Gasteiger partial charge in [0, 0.05) is 12.1 Å². The average molecular weight is 315 g/mol. The number of carbonyl (C=O) groups is 1. The lowest BCUT2D eigenvalue weighted by atomic mass is 10.2. The third-order valence-electron chi connectivity index (χ3n) is 3.64. The molecule has 0 unspecified atom stereocenters. The Balaban J connectivity index is 1.70. The summed E-state index contributed by atoms with van der Waals surface area (Å²) >= 11 is 0. The molecule has 5 heteroatoms. The minimum atomic E-state index is -0.418. The maximum absolute atomic E-state index is 13.3. The van der Waals surface area contributed by atoms with Crippen molar-refractivity contribution in [2.45, 2.75) is 6.10 Å². The number of benzene rings is 2. The summed E-state index contributed by atoms with van der Waals surface area (Å²) in [4.78, 5) is 14.2. The second-order valence-corrected chi connectivity index (χ2v) is 5.39. The van der Waals surface area contributed by atoms with Crippen LogP contribution in [-0.4, -0.2) is 43.2 Å². The van der Waals surface area contributed by atoms with E-state index in [4.69, 9.17) is 9.47 Å². The van der Waals surface area contributed by atoms with Crippen molar-refractivity contribution in [2.75, 3.05) is 26.3 Å². The van der Waals surface area contributed by atoms with Crippen LogP contribution in [0.15, 0.2) is 54.6 Å². The van der Waals surface area contributed by atoms with Gasteiger partial charge in [-0.05, 0) is 30.3 Å². The van der Waals surface area contributed by atoms with E-state index in [1.807, 2.05) is 30.3 Å². The van der Waals surface area contributed by atoms with Crippen LogP contribution in [-0.2, 0) is 4.74 Å². The highest BCUT2D eigenvalue weighted by Crippen LogP contribution is 2.15. The van der Waals surface area contributed by atoms with Gasteiger partial charge in [0.1, 0.15) is 17.7 Å². The van der Waals surface area contributed by atoms with E-state index in [1.165, 1.54) is 18.2 Å². The van der Waals surface area contributed by atoms with E-state index >= 15 is 0 Å². The van der Waals surface area contributed by atoms with E-state index in [2.05, 4.69) is 0 Å². The molecular formula is C18H18FNO3. The van der Waals surface area contributed by atoms with Gasteiger partial charge in [-0.15, -0.1) is 0 Å². The second kappa shape index (κ2) is 7.24. The Kier molecular flexibility index (Phi) is 4.88. The molecule has 1 aliphatic heterocycles. The molecule has 120 valence electrons. The van der Waals surface area contributed by atoms with Gasteiger partial charge in [-0.3, -0.25) is 4.79 Å². The van der Waals surface area contributed by atoms with Crippen molar-refractivity contribution in [3.8, 4) is 5.75 Å². The Morgan fingerprint density at radius 2 is 2.00 bits per heavy atom. The normalized spacial score (nSPS) is 18.3. The van der Waals surface area contributed by atoms with Crippen LogP contribution in [0.1, 0.15) is 10.4 Å². The van der Waals surface area contributed by atoms with Crippen LogP contribution in [0, 0.1) is 5.82 Å². The molecule has 0 aliphatic carbocycles. The second-order valence-electron chi connectivity index (χ2n) is 5.39. The van der Waals surface area contributed by atoms with Crippen LogP contribution in [0.5, 0.6) is 5.75 Å². The molecule has 0 radical (unpaired) electrons. The first kappa shape index (κ1) is 15.5. The van der Waals surface area contributed by atoms with Crippen LogP contribution in [0.3, 0.4) is 0 Å². The largest absolute Gasteiger partial charge is 0.486 e. The Labute approximate surface area is 134 Å². The highest BCUT2D eigenvalue weighted by molar-refractivity contribution is 5.94. The lowest BCUT2D eigenvalue weighted by Gasteiger charge is -2.24. The summed E-state index contributed by atoms with van der Waals surface area (Å²) in [5.41, 5.74) is 0.338. The summed E-state index contributed by atoms with van der Waals surface area (Å²) in [5.74, 6) is 0.108. The molecule has 2 aromatic carbocycles. The van der Waals surface area contributed by atoms with Gasteiger partial charge in [0.25, 0.3) is 5.91 Å². The van der Waals surface area contributed by atoms with E-state index in [0.29, 0.717) is 31.9 Å². The molecule has 0 spiro atoms. The first-order valence-electron chi connectivity index (χ1n) is 7.56. The Hall–Kier alpha value is -2.40.